The van der Waals surface area contributed by atoms with Crippen molar-refractivity contribution in [2.75, 3.05) is 6.54 Å². The van der Waals surface area contributed by atoms with Crippen molar-refractivity contribution in [3.05, 3.63) is 21.0 Å². The predicted molar refractivity (Wildman–Crippen MR) is 71.7 cm³/mol. The highest BCUT2D eigenvalue weighted by atomic mass is 79.9. The van der Waals surface area contributed by atoms with Gasteiger partial charge in [-0.3, -0.25) is 10.1 Å². The molecule has 0 unspecified atom stereocenters. The zero-order valence-electron chi connectivity index (χ0n) is 9.97. The van der Waals surface area contributed by atoms with Crippen molar-refractivity contribution in [3.63, 3.8) is 0 Å². The number of carbonyl (C=O) groups excluding carboxylic acids is 1. The van der Waals surface area contributed by atoms with E-state index in [4.69, 9.17) is 9.15 Å². The summed E-state index contributed by atoms with van der Waals surface area (Å²) in [5.41, 5.74) is -0.449. The van der Waals surface area contributed by atoms with Crippen molar-refractivity contribution in [3.8, 4) is 0 Å². The molecule has 0 spiro atoms. The molecule has 96 valence electrons. The molecule has 0 atom stereocenters. The molecule has 1 aromatic rings. The number of furan rings is 1. The number of hydrogen-bond donors (Lipinski definition) is 1. The van der Waals surface area contributed by atoms with Gasteiger partial charge in [-0.1, -0.05) is 0 Å². The number of esters is 1. The van der Waals surface area contributed by atoms with E-state index >= 15 is 0 Å². The summed E-state index contributed by atoms with van der Waals surface area (Å²) < 4.78 is 12.0. The van der Waals surface area contributed by atoms with Crippen LogP contribution in [0.2, 0.25) is 0 Å². The quantitative estimate of drug-likeness (QED) is 0.829. The summed E-state index contributed by atoms with van der Waals surface area (Å²) in [5.74, 6) is 0.467. The molecule has 1 heterocycles. The number of ether oxygens (including phenoxy) is 1. The van der Waals surface area contributed by atoms with Crippen LogP contribution in [0, 0.1) is 0 Å². The molecule has 0 aliphatic rings. The lowest BCUT2D eigenvalue weighted by atomic mass is 10.2. The van der Waals surface area contributed by atoms with E-state index in [-0.39, 0.29) is 12.5 Å². The van der Waals surface area contributed by atoms with Gasteiger partial charge in [-0.05, 0) is 58.7 Å². The topological polar surface area (TPSA) is 51.5 Å². The van der Waals surface area contributed by atoms with Gasteiger partial charge in [0.1, 0.15) is 11.4 Å². The molecule has 17 heavy (non-hydrogen) atoms. The Morgan fingerprint density at radius 1 is 1.47 bits per heavy atom. The molecule has 1 aromatic heterocycles. The zero-order valence-corrected chi connectivity index (χ0v) is 13.1. The van der Waals surface area contributed by atoms with Gasteiger partial charge < -0.3 is 9.15 Å². The first-order chi connectivity index (χ1) is 7.78. The largest absolute Gasteiger partial charge is 0.459 e. The summed E-state index contributed by atoms with van der Waals surface area (Å²) in [6.07, 6.45) is 0. The highest BCUT2D eigenvalue weighted by Gasteiger charge is 2.15. The first-order valence-corrected chi connectivity index (χ1v) is 6.73. The van der Waals surface area contributed by atoms with Crippen LogP contribution in [0.5, 0.6) is 0 Å². The van der Waals surface area contributed by atoms with E-state index in [9.17, 15) is 4.79 Å². The fraction of sp³-hybridized carbons (Fsp3) is 0.545. The second kappa shape index (κ2) is 6.02. The van der Waals surface area contributed by atoms with E-state index in [1.165, 1.54) is 0 Å². The summed E-state index contributed by atoms with van der Waals surface area (Å²) in [4.78, 5) is 11.4. The van der Waals surface area contributed by atoms with E-state index in [1.54, 1.807) is 0 Å². The Morgan fingerprint density at radius 2 is 2.12 bits per heavy atom. The van der Waals surface area contributed by atoms with Crippen LogP contribution < -0.4 is 5.32 Å². The van der Waals surface area contributed by atoms with Gasteiger partial charge in [0.25, 0.3) is 0 Å². The standard InChI is InChI=1S/C11H15Br2NO3/c1-11(2,3)17-9(15)6-14-5-7-4-8(12)10(13)16-7/h4,14H,5-6H2,1-3H3. The maximum atomic E-state index is 11.4. The molecule has 0 amide bonds. The minimum absolute atomic E-state index is 0.160. The summed E-state index contributed by atoms with van der Waals surface area (Å²) >= 11 is 6.56. The van der Waals surface area contributed by atoms with E-state index in [1.807, 2.05) is 26.8 Å². The molecule has 0 saturated carbocycles. The van der Waals surface area contributed by atoms with Crippen molar-refractivity contribution in [2.45, 2.75) is 32.9 Å². The average Bonchev–Trinajstić information content (AvgIpc) is 2.43. The van der Waals surface area contributed by atoms with Gasteiger partial charge in [0.05, 0.1) is 17.6 Å². The molecule has 0 radical (unpaired) electrons. The Balaban J connectivity index is 2.31. The first-order valence-electron chi connectivity index (χ1n) is 5.14. The van der Waals surface area contributed by atoms with Crippen LogP contribution >= 0.6 is 31.9 Å². The van der Waals surface area contributed by atoms with Crippen molar-refractivity contribution < 1.29 is 13.9 Å². The third-order valence-corrected chi connectivity index (χ3v) is 3.39. The van der Waals surface area contributed by atoms with Crippen LogP contribution in [-0.2, 0) is 16.1 Å². The lowest BCUT2D eigenvalue weighted by molar-refractivity contribution is -0.153. The zero-order chi connectivity index (χ0) is 13.1. The van der Waals surface area contributed by atoms with Crippen LogP contribution in [-0.4, -0.2) is 18.1 Å². The molecule has 0 aromatic carbocycles. The Labute approximate surface area is 117 Å². The van der Waals surface area contributed by atoms with Crippen molar-refractivity contribution >= 4 is 37.8 Å². The number of hydrogen-bond acceptors (Lipinski definition) is 4. The van der Waals surface area contributed by atoms with Gasteiger partial charge in [0.2, 0.25) is 0 Å². The molecular formula is C11H15Br2NO3. The SMILES string of the molecule is CC(C)(C)OC(=O)CNCc1cc(Br)c(Br)o1. The van der Waals surface area contributed by atoms with E-state index in [0.29, 0.717) is 11.2 Å². The van der Waals surface area contributed by atoms with Gasteiger partial charge in [-0.2, -0.15) is 0 Å². The third kappa shape index (κ3) is 5.70. The first kappa shape index (κ1) is 14.7. The maximum absolute atomic E-state index is 11.4. The number of halogens is 2. The number of rotatable bonds is 4. The molecule has 0 bridgehead atoms. The molecule has 0 aliphatic carbocycles. The molecule has 0 fully saturated rings. The van der Waals surface area contributed by atoms with Crippen molar-refractivity contribution in [1.29, 1.82) is 0 Å². The summed E-state index contributed by atoms with van der Waals surface area (Å²) in [6, 6.07) is 1.84. The summed E-state index contributed by atoms with van der Waals surface area (Å²) in [6.45, 7) is 6.15. The monoisotopic (exact) mass is 367 g/mol. The van der Waals surface area contributed by atoms with Crippen LogP contribution in [0.25, 0.3) is 0 Å². The molecule has 1 N–H and O–H groups in total. The fourth-order valence-electron chi connectivity index (χ4n) is 1.14. The Kier molecular flexibility index (Phi) is 5.22. The minimum atomic E-state index is -0.449. The Hall–Kier alpha value is -0.330. The minimum Gasteiger partial charge on any atom is -0.459 e. The third-order valence-electron chi connectivity index (χ3n) is 1.68. The molecular weight excluding hydrogens is 354 g/mol. The number of nitrogens with one attached hydrogen (secondary N) is 1. The second-order valence-corrected chi connectivity index (χ2v) is 6.10. The van der Waals surface area contributed by atoms with Crippen molar-refractivity contribution in [1.82, 2.24) is 5.32 Å². The Morgan fingerprint density at radius 3 is 2.59 bits per heavy atom. The highest BCUT2D eigenvalue weighted by Crippen LogP contribution is 2.26. The van der Waals surface area contributed by atoms with Crippen LogP contribution in [0.4, 0.5) is 0 Å². The molecule has 1 rings (SSSR count). The predicted octanol–water partition coefficient (Wildman–Crippen LogP) is 3.24. The lowest BCUT2D eigenvalue weighted by Gasteiger charge is -2.19. The summed E-state index contributed by atoms with van der Waals surface area (Å²) in [5, 5.41) is 2.95. The van der Waals surface area contributed by atoms with Gasteiger partial charge in [-0.25, -0.2) is 0 Å². The Bertz CT molecular complexity index is 376. The molecule has 4 nitrogen and oxygen atoms in total. The van der Waals surface area contributed by atoms with Gasteiger partial charge in [-0.15, -0.1) is 0 Å². The van der Waals surface area contributed by atoms with E-state index < -0.39 is 5.60 Å². The molecule has 0 aliphatic heterocycles. The van der Waals surface area contributed by atoms with Crippen molar-refractivity contribution in [2.24, 2.45) is 0 Å². The average molecular weight is 369 g/mol. The maximum Gasteiger partial charge on any atom is 0.320 e. The van der Waals surface area contributed by atoms with Gasteiger partial charge >= 0.3 is 5.97 Å². The van der Waals surface area contributed by atoms with Gasteiger partial charge in [0.15, 0.2) is 4.67 Å². The van der Waals surface area contributed by atoms with E-state index in [0.717, 1.165) is 10.2 Å². The summed E-state index contributed by atoms with van der Waals surface area (Å²) in [7, 11) is 0. The smallest absolute Gasteiger partial charge is 0.320 e. The van der Waals surface area contributed by atoms with Crippen LogP contribution in [0.15, 0.2) is 19.6 Å². The lowest BCUT2D eigenvalue weighted by Crippen LogP contribution is -2.31. The van der Waals surface area contributed by atoms with Crippen LogP contribution in [0.3, 0.4) is 0 Å². The van der Waals surface area contributed by atoms with Gasteiger partial charge in [0, 0.05) is 0 Å². The number of carbonyl (C=O) groups is 1. The molecule has 6 heteroatoms. The second-order valence-electron chi connectivity index (χ2n) is 4.52. The highest BCUT2D eigenvalue weighted by molar-refractivity contribution is 9.13. The normalized spacial score (nSPS) is 11.6. The fourth-order valence-corrected chi connectivity index (χ4v) is 1.80. The molecule has 0 saturated heterocycles. The van der Waals surface area contributed by atoms with E-state index in [2.05, 4.69) is 37.2 Å². The van der Waals surface area contributed by atoms with Crippen LogP contribution in [0.1, 0.15) is 26.5 Å².